The Bertz CT molecular complexity index is 1450. The molecule has 0 saturated carbocycles. The fourth-order valence-electron chi connectivity index (χ4n) is 12.0. The lowest BCUT2D eigenvalue weighted by Gasteiger charge is -2.42. The second kappa shape index (κ2) is 57.9. The third-order valence-electron chi connectivity index (χ3n) is 17.8. The highest BCUT2D eigenvalue weighted by atomic mass is 16.7. The van der Waals surface area contributed by atoms with Crippen LogP contribution in [0, 0.1) is 0 Å². The fraction of sp³-hybridized carbons (Fsp3) is 0.958. The van der Waals surface area contributed by atoms with E-state index in [-0.39, 0.29) is 25.6 Å². The molecule has 2 aliphatic heterocycles. The molecule has 14 heteroatoms. The van der Waals surface area contributed by atoms with Crippen molar-refractivity contribution < 1.29 is 69.0 Å². The van der Waals surface area contributed by atoms with Crippen LogP contribution in [0.5, 0.6) is 0 Å². The number of aliphatic hydroxyl groups excluding tert-OH is 7. The Balaban J connectivity index is 1.61. The van der Waals surface area contributed by atoms with E-state index in [0.29, 0.717) is 6.61 Å². The average molecular weight is 1210 g/mol. The number of carbonyl (C=O) groups is 1. The molecule has 0 spiro atoms. The van der Waals surface area contributed by atoms with E-state index < -0.39 is 80.7 Å². The van der Waals surface area contributed by atoms with Gasteiger partial charge in [0.1, 0.15) is 54.9 Å². The molecule has 0 radical (unpaired) electrons. The van der Waals surface area contributed by atoms with Crippen molar-refractivity contribution in [1.29, 1.82) is 0 Å². The Morgan fingerprint density at radius 2 is 0.694 bits per heavy atom. The number of hydrogen-bond acceptors (Lipinski definition) is 14. The van der Waals surface area contributed by atoms with Gasteiger partial charge in [-0.2, -0.15) is 0 Å². The van der Waals surface area contributed by atoms with Crippen LogP contribution >= 0.6 is 0 Å². The summed E-state index contributed by atoms with van der Waals surface area (Å²) in [5.74, 6) is -0.365. The second-order valence-electron chi connectivity index (χ2n) is 25.8. The standard InChI is InChI=1S/C71H136O14/c1-3-5-7-9-11-13-15-17-19-21-23-25-27-29-31-33-35-37-39-41-43-45-47-49-51-53-55-80-57-60(58-81-70-69(79)67(77)65(75)62(85-70)59-82-71-68(78)66(76)64(74)61(56-72)84-71)83-63(73)54-52-50-48-46-44-42-40-38-36-34-32-30-28-26-24-22-20-18-16-14-12-10-8-6-4-2/h21,23,60-62,64-72,74-79H,3-20,22,24-59H2,1-2H3/b23-21-. The number of hydrogen-bond donors (Lipinski definition) is 7. The van der Waals surface area contributed by atoms with Crippen molar-refractivity contribution >= 4 is 5.97 Å². The molecule has 2 heterocycles. The predicted octanol–water partition coefficient (Wildman–Crippen LogP) is 15.7. The Labute approximate surface area is 520 Å². The maximum Gasteiger partial charge on any atom is 0.306 e. The lowest BCUT2D eigenvalue weighted by atomic mass is 9.98. The van der Waals surface area contributed by atoms with E-state index in [1.165, 1.54) is 270 Å². The first-order chi connectivity index (χ1) is 41.6. The lowest BCUT2D eigenvalue weighted by Crippen LogP contribution is -2.61. The summed E-state index contributed by atoms with van der Waals surface area (Å²) in [7, 11) is 0. The van der Waals surface area contributed by atoms with Gasteiger partial charge < -0.3 is 64.2 Å². The molecule has 2 aliphatic rings. The molecule has 2 fully saturated rings. The van der Waals surface area contributed by atoms with E-state index in [0.717, 1.165) is 44.9 Å². The second-order valence-corrected chi connectivity index (χ2v) is 25.8. The van der Waals surface area contributed by atoms with Gasteiger partial charge in [0.2, 0.25) is 0 Å². The molecule has 0 bridgehead atoms. The Morgan fingerprint density at radius 1 is 0.376 bits per heavy atom. The van der Waals surface area contributed by atoms with Crippen LogP contribution in [-0.2, 0) is 33.2 Å². The van der Waals surface area contributed by atoms with Crippen LogP contribution in [0.3, 0.4) is 0 Å². The van der Waals surface area contributed by atoms with Crippen molar-refractivity contribution in [2.75, 3.05) is 33.0 Å². The summed E-state index contributed by atoms with van der Waals surface area (Å²) in [4.78, 5) is 13.2. The fourth-order valence-corrected chi connectivity index (χ4v) is 12.0. The molecule has 11 atom stereocenters. The van der Waals surface area contributed by atoms with Gasteiger partial charge in [0.05, 0.1) is 26.4 Å². The minimum Gasteiger partial charge on any atom is -0.457 e. The first-order valence-corrected chi connectivity index (χ1v) is 36.3. The zero-order valence-corrected chi connectivity index (χ0v) is 54.9. The molecule has 2 saturated heterocycles. The summed E-state index contributed by atoms with van der Waals surface area (Å²) in [5, 5.41) is 72.7. The van der Waals surface area contributed by atoms with Crippen molar-refractivity contribution in [1.82, 2.24) is 0 Å². The molecule has 85 heavy (non-hydrogen) atoms. The van der Waals surface area contributed by atoms with E-state index >= 15 is 0 Å². The number of ether oxygens (including phenoxy) is 6. The Kier molecular flexibility index (Phi) is 54.3. The molecule has 11 unspecified atom stereocenters. The van der Waals surface area contributed by atoms with Gasteiger partial charge in [-0.1, -0.05) is 302 Å². The summed E-state index contributed by atoms with van der Waals surface area (Å²) in [6.45, 7) is 3.79. The van der Waals surface area contributed by atoms with E-state index in [9.17, 15) is 40.5 Å². The molecule has 2 rings (SSSR count). The molecule has 0 amide bonds. The smallest absolute Gasteiger partial charge is 0.306 e. The van der Waals surface area contributed by atoms with Gasteiger partial charge in [-0.25, -0.2) is 0 Å². The van der Waals surface area contributed by atoms with Gasteiger partial charge in [-0.3, -0.25) is 4.79 Å². The van der Waals surface area contributed by atoms with Crippen LogP contribution in [0.2, 0.25) is 0 Å². The highest BCUT2D eigenvalue weighted by molar-refractivity contribution is 5.69. The molecule has 0 aromatic carbocycles. The Morgan fingerprint density at radius 3 is 1.07 bits per heavy atom. The molecule has 0 aliphatic carbocycles. The highest BCUT2D eigenvalue weighted by Crippen LogP contribution is 2.27. The predicted molar refractivity (Wildman–Crippen MR) is 344 cm³/mol. The van der Waals surface area contributed by atoms with Crippen molar-refractivity contribution in [3.8, 4) is 0 Å². The van der Waals surface area contributed by atoms with Crippen LogP contribution in [0.4, 0.5) is 0 Å². The maximum atomic E-state index is 13.2. The first kappa shape index (κ1) is 79.8. The third kappa shape index (κ3) is 43.2. The zero-order chi connectivity index (χ0) is 61.5. The SMILES string of the molecule is CCCCCCCCCC/C=C\CCCCCCCCCCCCCCCCOCC(COC1OC(COC2OC(CO)C(O)C(O)C2O)C(O)C(O)C1O)OC(=O)CCCCCCCCCCCCCCCCCCCCCCCCCCC. The van der Waals surface area contributed by atoms with Gasteiger partial charge in [0.15, 0.2) is 12.6 Å². The molecular formula is C71H136O14. The summed E-state index contributed by atoms with van der Waals surface area (Å²) in [5.41, 5.74) is 0. The number of allylic oxidation sites excluding steroid dienone is 2. The number of unbranched alkanes of at least 4 members (excludes halogenated alkanes) is 46. The van der Waals surface area contributed by atoms with E-state index in [4.69, 9.17) is 28.4 Å². The topological polar surface area (TPSA) is 214 Å². The monoisotopic (exact) mass is 1210 g/mol. The van der Waals surface area contributed by atoms with Crippen molar-refractivity contribution in [3.05, 3.63) is 12.2 Å². The minimum absolute atomic E-state index is 0.0691. The molecule has 7 N–H and O–H groups in total. The zero-order valence-electron chi connectivity index (χ0n) is 54.9. The van der Waals surface area contributed by atoms with E-state index in [1.807, 2.05) is 0 Å². The summed E-state index contributed by atoms with van der Waals surface area (Å²) in [6, 6.07) is 0. The van der Waals surface area contributed by atoms with Crippen LogP contribution in [0.25, 0.3) is 0 Å². The summed E-state index contributed by atoms with van der Waals surface area (Å²) < 4.78 is 34.6. The molecule has 14 nitrogen and oxygen atoms in total. The number of esters is 1. The van der Waals surface area contributed by atoms with E-state index in [1.54, 1.807) is 0 Å². The van der Waals surface area contributed by atoms with Gasteiger partial charge in [-0.05, 0) is 38.5 Å². The lowest BCUT2D eigenvalue weighted by molar-refractivity contribution is -0.332. The van der Waals surface area contributed by atoms with E-state index in [2.05, 4.69) is 26.0 Å². The van der Waals surface area contributed by atoms with Crippen molar-refractivity contribution in [3.63, 3.8) is 0 Å². The first-order valence-electron chi connectivity index (χ1n) is 36.3. The van der Waals surface area contributed by atoms with Crippen molar-refractivity contribution in [2.45, 2.75) is 402 Å². The normalized spacial score (nSPS) is 23.1. The Hall–Kier alpha value is -1.27. The number of carbonyl (C=O) groups excluding carboxylic acids is 1. The molecule has 0 aromatic rings. The minimum atomic E-state index is -1.70. The van der Waals surface area contributed by atoms with Crippen LogP contribution < -0.4 is 0 Å². The molecule has 0 aromatic heterocycles. The summed E-state index contributed by atoms with van der Waals surface area (Å²) in [6.07, 6.45) is 53.0. The van der Waals surface area contributed by atoms with Gasteiger partial charge >= 0.3 is 5.97 Å². The summed E-state index contributed by atoms with van der Waals surface area (Å²) >= 11 is 0. The van der Waals surface area contributed by atoms with Crippen LogP contribution in [0.1, 0.15) is 335 Å². The van der Waals surface area contributed by atoms with Gasteiger partial charge in [0.25, 0.3) is 0 Å². The number of rotatable bonds is 62. The molecular weight excluding hydrogens is 1080 g/mol. The van der Waals surface area contributed by atoms with Gasteiger partial charge in [0, 0.05) is 13.0 Å². The largest absolute Gasteiger partial charge is 0.457 e. The van der Waals surface area contributed by atoms with Gasteiger partial charge in [-0.15, -0.1) is 0 Å². The average Bonchev–Trinajstić information content (AvgIpc) is 2.82. The number of aliphatic hydroxyl groups is 7. The van der Waals surface area contributed by atoms with Crippen LogP contribution in [0.15, 0.2) is 12.2 Å². The maximum absolute atomic E-state index is 13.2. The molecule has 504 valence electrons. The van der Waals surface area contributed by atoms with Crippen molar-refractivity contribution in [2.24, 2.45) is 0 Å². The quantitative estimate of drug-likeness (QED) is 0.0171. The third-order valence-corrected chi connectivity index (χ3v) is 17.8. The van der Waals surface area contributed by atoms with Crippen LogP contribution in [-0.4, -0.2) is 142 Å². The highest BCUT2D eigenvalue weighted by Gasteiger charge is 2.47.